The maximum Gasteiger partial charge on any atom is 0.191 e. The number of halogens is 2. The van der Waals surface area contributed by atoms with Gasteiger partial charge in [0.05, 0.1) is 17.7 Å². The van der Waals surface area contributed by atoms with Gasteiger partial charge in [0.1, 0.15) is 5.82 Å². The third-order valence-electron chi connectivity index (χ3n) is 4.76. The number of hydrogen-bond acceptors (Lipinski definition) is 4. The normalized spacial score (nSPS) is 17.6. The molecule has 158 valence electrons. The summed E-state index contributed by atoms with van der Waals surface area (Å²) < 4.78 is 0. The van der Waals surface area contributed by atoms with E-state index in [1.165, 1.54) is 0 Å². The van der Waals surface area contributed by atoms with Gasteiger partial charge in [0, 0.05) is 31.9 Å². The van der Waals surface area contributed by atoms with E-state index >= 15 is 0 Å². The number of aliphatic hydroxyl groups excluding tert-OH is 1. The van der Waals surface area contributed by atoms with Crippen molar-refractivity contribution in [3.8, 4) is 0 Å². The van der Waals surface area contributed by atoms with Crippen LogP contribution in [-0.2, 0) is 0 Å². The molecule has 29 heavy (non-hydrogen) atoms. The molecule has 2 atom stereocenters. The largest absolute Gasteiger partial charge is 0.386 e. The smallest absolute Gasteiger partial charge is 0.191 e. The molecule has 8 heteroatoms. The Morgan fingerprint density at radius 3 is 2.93 bits per heavy atom. The van der Waals surface area contributed by atoms with Gasteiger partial charge in [-0.25, -0.2) is 4.98 Å². The topological polar surface area (TPSA) is 72.8 Å². The third-order valence-corrected chi connectivity index (χ3v) is 5.06. The van der Waals surface area contributed by atoms with E-state index in [1.807, 2.05) is 50.2 Å². The predicted octanol–water partition coefficient (Wildman–Crippen LogP) is 3.53. The van der Waals surface area contributed by atoms with E-state index in [0.29, 0.717) is 17.5 Å². The molecule has 1 aliphatic heterocycles. The lowest BCUT2D eigenvalue weighted by Gasteiger charge is -2.20. The minimum Gasteiger partial charge on any atom is -0.386 e. The fourth-order valence-corrected chi connectivity index (χ4v) is 3.60. The van der Waals surface area contributed by atoms with Crippen molar-refractivity contribution in [3.05, 3.63) is 58.7 Å². The monoisotopic (exact) mass is 529 g/mol. The Hall–Kier alpha value is -1.58. The van der Waals surface area contributed by atoms with E-state index in [0.717, 1.165) is 43.0 Å². The molecular weight excluding hydrogens is 501 g/mol. The lowest BCUT2D eigenvalue weighted by molar-refractivity contribution is 0.187. The van der Waals surface area contributed by atoms with Crippen molar-refractivity contribution in [2.24, 2.45) is 4.99 Å². The summed E-state index contributed by atoms with van der Waals surface area (Å²) in [6.07, 6.45) is 2.11. The van der Waals surface area contributed by atoms with E-state index in [9.17, 15) is 5.11 Å². The second-order valence-corrected chi connectivity index (χ2v) is 7.44. The molecule has 0 bridgehead atoms. The van der Waals surface area contributed by atoms with Crippen molar-refractivity contribution in [1.29, 1.82) is 0 Å². The molecule has 2 aromatic rings. The Kier molecular flexibility index (Phi) is 9.45. The number of guanidine groups is 1. The van der Waals surface area contributed by atoms with Gasteiger partial charge in [-0.3, -0.25) is 4.99 Å². The summed E-state index contributed by atoms with van der Waals surface area (Å²) >= 11 is 6.27. The first-order valence-corrected chi connectivity index (χ1v) is 10.1. The highest BCUT2D eigenvalue weighted by molar-refractivity contribution is 14.0. The second kappa shape index (κ2) is 11.6. The molecule has 2 unspecified atom stereocenters. The molecule has 0 saturated carbocycles. The lowest BCUT2D eigenvalue weighted by Crippen LogP contribution is -2.44. The number of rotatable bonds is 6. The predicted molar refractivity (Wildman–Crippen MR) is 131 cm³/mol. The first kappa shape index (κ1) is 23.7. The lowest BCUT2D eigenvalue weighted by atomic mass is 10.1. The van der Waals surface area contributed by atoms with Crippen LogP contribution in [0.15, 0.2) is 47.6 Å². The van der Waals surface area contributed by atoms with Crippen LogP contribution in [0.3, 0.4) is 0 Å². The molecule has 1 aromatic heterocycles. The van der Waals surface area contributed by atoms with Crippen molar-refractivity contribution < 1.29 is 5.11 Å². The summed E-state index contributed by atoms with van der Waals surface area (Å²) in [5, 5.41) is 17.9. The molecule has 2 heterocycles. The summed E-state index contributed by atoms with van der Waals surface area (Å²) in [5.41, 5.74) is 2.02. The Bertz CT molecular complexity index is 819. The molecular formula is C21H29ClIN5O. The van der Waals surface area contributed by atoms with E-state index in [4.69, 9.17) is 11.6 Å². The number of aryl methyl sites for hydroxylation is 1. The van der Waals surface area contributed by atoms with Gasteiger partial charge in [0.15, 0.2) is 5.96 Å². The first-order chi connectivity index (χ1) is 13.6. The van der Waals surface area contributed by atoms with Crippen LogP contribution in [0.25, 0.3) is 0 Å². The molecule has 1 aliphatic rings. The summed E-state index contributed by atoms with van der Waals surface area (Å²) in [6.45, 7) is 6.81. The Morgan fingerprint density at radius 2 is 2.21 bits per heavy atom. The van der Waals surface area contributed by atoms with Crippen molar-refractivity contribution in [1.82, 2.24) is 15.6 Å². The second-order valence-electron chi connectivity index (χ2n) is 7.03. The van der Waals surface area contributed by atoms with Gasteiger partial charge >= 0.3 is 0 Å². The molecule has 0 amide bonds. The van der Waals surface area contributed by atoms with E-state index in [1.54, 1.807) is 6.20 Å². The SMILES string of the molecule is CCNC(=NCC(O)c1cccc(C)c1)NC1CCN(c2ncccc2Cl)C1.I. The van der Waals surface area contributed by atoms with Crippen LogP contribution in [0.2, 0.25) is 5.02 Å². The van der Waals surface area contributed by atoms with Gasteiger partial charge in [-0.05, 0) is 38.0 Å². The quantitative estimate of drug-likeness (QED) is 0.303. The highest BCUT2D eigenvalue weighted by Crippen LogP contribution is 2.25. The Morgan fingerprint density at radius 1 is 1.38 bits per heavy atom. The number of nitrogens with zero attached hydrogens (tertiary/aromatic N) is 3. The number of pyridine rings is 1. The molecule has 3 rings (SSSR count). The fraction of sp³-hybridized carbons (Fsp3) is 0.429. The zero-order valence-corrected chi connectivity index (χ0v) is 19.9. The zero-order chi connectivity index (χ0) is 19.9. The highest BCUT2D eigenvalue weighted by atomic mass is 127. The van der Waals surface area contributed by atoms with Crippen molar-refractivity contribution in [2.75, 3.05) is 31.1 Å². The number of aliphatic imine (C=N–C) groups is 1. The minimum atomic E-state index is -0.622. The maximum atomic E-state index is 10.5. The minimum absolute atomic E-state index is 0. The molecule has 6 nitrogen and oxygen atoms in total. The average Bonchev–Trinajstić information content (AvgIpc) is 3.14. The van der Waals surface area contributed by atoms with Gasteiger partial charge in [-0.2, -0.15) is 0 Å². The fourth-order valence-electron chi connectivity index (χ4n) is 3.35. The third kappa shape index (κ3) is 6.72. The number of nitrogens with one attached hydrogen (secondary N) is 2. The maximum absolute atomic E-state index is 10.5. The van der Waals surface area contributed by atoms with Crippen LogP contribution in [0, 0.1) is 6.92 Å². The summed E-state index contributed by atoms with van der Waals surface area (Å²) in [7, 11) is 0. The molecule has 1 aromatic carbocycles. The van der Waals surface area contributed by atoms with E-state index in [-0.39, 0.29) is 30.0 Å². The number of aromatic nitrogens is 1. The summed E-state index contributed by atoms with van der Waals surface area (Å²) in [4.78, 5) is 11.2. The molecule has 0 radical (unpaired) electrons. The van der Waals surface area contributed by atoms with Gasteiger partial charge < -0.3 is 20.6 Å². The van der Waals surface area contributed by atoms with Crippen LogP contribution >= 0.6 is 35.6 Å². The summed E-state index contributed by atoms with van der Waals surface area (Å²) in [6, 6.07) is 11.8. The number of hydrogen-bond donors (Lipinski definition) is 3. The molecule has 3 N–H and O–H groups in total. The van der Waals surface area contributed by atoms with Crippen molar-refractivity contribution >= 4 is 47.4 Å². The first-order valence-electron chi connectivity index (χ1n) is 9.71. The van der Waals surface area contributed by atoms with Crippen LogP contribution in [0.4, 0.5) is 5.82 Å². The van der Waals surface area contributed by atoms with Gasteiger partial charge in [0.25, 0.3) is 0 Å². The van der Waals surface area contributed by atoms with E-state index in [2.05, 4.69) is 25.5 Å². The van der Waals surface area contributed by atoms with Crippen LogP contribution < -0.4 is 15.5 Å². The zero-order valence-electron chi connectivity index (χ0n) is 16.8. The average molecular weight is 530 g/mol. The van der Waals surface area contributed by atoms with Gasteiger partial charge in [-0.1, -0.05) is 41.4 Å². The standard InChI is InChI=1S/C21H28ClN5O.HI/c1-3-23-21(25-13-19(28)16-7-4-6-15(2)12-16)26-17-9-11-27(14-17)20-18(22)8-5-10-24-20;/h4-8,10,12,17,19,28H,3,9,11,13-14H2,1-2H3,(H2,23,25,26);1H. The van der Waals surface area contributed by atoms with E-state index < -0.39 is 6.10 Å². The molecule has 0 spiro atoms. The molecule has 1 saturated heterocycles. The van der Waals surface area contributed by atoms with Crippen LogP contribution in [0.1, 0.15) is 30.6 Å². The highest BCUT2D eigenvalue weighted by Gasteiger charge is 2.25. The number of benzene rings is 1. The summed E-state index contributed by atoms with van der Waals surface area (Å²) in [5.74, 6) is 1.54. The number of anilines is 1. The van der Waals surface area contributed by atoms with Crippen molar-refractivity contribution in [3.63, 3.8) is 0 Å². The molecule has 0 aliphatic carbocycles. The Balaban J connectivity index is 0.00000300. The molecule has 1 fully saturated rings. The van der Waals surface area contributed by atoms with Gasteiger partial charge in [0.2, 0.25) is 0 Å². The number of aliphatic hydroxyl groups is 1. The van der Waals surface area contributed by atoms with Crippen LogP contribution in [-0.4, -0.2) is 48.3 Å². The van der Waals surface area contributed by atoms with Crippen LogP contribution in [0.5, 0.6) is 0 Å². The van der Waals surface area contributed by atoms with Crippen molar-refractivity contribution in [2.45, 2.75) is 32.4 Å². The van der Waals surface area contributed by atoms with Gasteiger partial charge in [-0.15, -0.1) is 24.0 Å². The Labute approximate surface area is 194 Å².